The maximum absolute atomic E-state index is 13.2. The molecule has 0 aliphatic rings. The van der Waals surface area contributed by atoms with Crippen molar-refractivity contribution in [2.75, 3.05) is 11.9 Å². The Balaban J connectivity index is 1.74. The van der Waals surface area contributed by atoms with Gasteiger partial charge in [0.15, 0.2) is 0 Å². The lowest BCUT2D eigenvalue weighted by atomic mass is 10.0. The number of anilines is 1. The Morgan fingerprint density at radius 2 is 1.42 bits per heavy atom. The molecule has 5 heteroatoms. The third-order valence-electron chi connectivity index (χ3n) is 5.08. The maximum Gasteiger partial charge on any atom is 0.272 e. The second-order valence-corrected chi connectivity index (χ2v) is 7.33. The van der Waals surface area contributed by atoms with Crippen LogP contribution in [0.5, 0.6) is 5.75 Å². The summed E-state index contributed by atoms with van der Waals surface area (Å²) in [5.41, 5.74) is 2.04. The van der Waals surface area contributed by atoms with Gasteiger partial charge in [0.05, 0.1) is 6.61 Å². The summed E-state index contributed by atoms with van der Waals surface area (Å²) < 4.78 is 5.76. The van der Waals surface area contributed by atoms with Crippen LogP contribution in [0.2, 0.25) is 0 Å². The number of rotatable bonds is 7. The van der Waals surface area contributed by atoms with Crippen molar-refractivity contribution in [2.45, 2.75) is 6.92 Å². The van der Waals surface area contributed by atoms with Gasteiger partial charge in [-0.1, -0.05) is 66.7 Å². The molecule has 0 aliphatic carbocycles. The Labute approximate surface area is 192 Å². The van der Waals surface area contributed by atoms with Crippen molar-refractivity contribution in [3.8, 4) is 5.75 Å². The van der Waals surface area contributed by atoms with Gasteiger partial charge in [-0.05, 0) is 54.3 Å². The first-order valence-corrected chi connectivity index (χ1v) is 10.7. The van der Waals surface area contributed by atoms with E-state index in [2.05, 4.69) is 10.6 Å². The van der Waals surface area contributed by atoms with Gasteiger partial charge in [0.25, 0.3) is 11.8 Å². The molecule has 0 aromatic heterocycles. The van der Waals surface area contributed by atoms with Crippen molar-refractivity contribution < 1.29 is 14.3 Å². The summed E-state index contributed by atoms with van der Waals surface area (Å²) in [6, 6.07) is 29.5. The first kappa shape index (κ1) is 21.8. The van der Waals surface area contributed by atoms with Crippen LogP contribution in [0.25, 0.3) is 16.8 Å². The van der Waals surface area contributed by atoms with Crippen molar-refractivity contribution in [2.24, 2.45) is 0 Å². The van der Waals surface area contributed by atoms with Crippen LogP contribution in [0.1, 0.15) is 22.8 Å². The second kappa shape index (κ2) is 10.3. The zero-order valence-electron chi connectivity index (χ0n) is 18.2. The zero-order valence-corrected chi connectivity index (χ0v) is 18.2. The number of hydrogen-bond acceptors (Lipinski definition) is 3. The second-order valence-electron chi connectivity index (χ2n) is 7.33. The Morgan fingerprint density at radius 1 is 0.788 bits per heavy atom. The fraction of sp³-hybridized carbons (Fsp3) is 0.0714. The van der Waals surface area contributed by atoms with Crippen LogP contribution in [0, 0.1) is 0 Å². The van der Waals surface area contributed by atoms with Gasteiger partial charge in [0.1, 0.15) is 11.4 Å². The van der Waals surface area contributed by atoms with E-state index in [1.807, 2.05) is 67.6 Å². The summed E-state index contributed by atoms with van der Waals surface area (Å²) in [6.07, 6.45) is 1.69. The summed E-state index contributed by atoms with van der Waals surface area (Å²) in [7, 11) is 0. The minimum atomic E-state index is -0.413. The summed E-state index contributed by atoms with van der Waals surface area (Å²) in [5, 5.41) is 7.49. The molecule has 33 heavy (non-hydrogen) atoms. The monoisotopic (exact) mass is 436 g/mol. The zero-order chi connectivity index (χ0) is 23.0. The van der Waals surface area contributed by atoms with Gasteiger partial charge in [-0.15, -0.1) is 0 Å². The van der Waals surface area contributed by atoms with Gasteiger partial charge >= 0.3 is 0 Å². The lowest BCUT2D eigenvalue weighted by Crippen LogP contribution is -2.30. The van der Waals surface area contributed by atoms with Crippen molar-refractivity contribution in [1.82, 2.24) is 5.32 Å². The van der Waals surface area contributed by atoms with Gasteiger partial charge in [-0.3, -0.25) is 9.59 Å². The molecule has 0 unspecified atom stereocenters. The number of nitrogens with one attached hydrogen (secondary N) is 2. The predicted octanol–water partition coefficient (Wildman–Crippen LogP) is 5.65. The molecular formula is C28H24N2O3. The van der Waals surface area contributed by atoms with Crippen LogP contribution in [-0.4, -0.2) is 18.4 Å². The SMILES string of the molecule is CCOc1ccc(/C=C(\NC(=O)c2ccccc2)C(=O)Nc2ccccc2)c2ccccc12. The minimum absolute atomic E-state index is 0.141. The van der Waals surface area contributed by atoms with E-state index >= 15 is 0 Å². The first-order chi connectivity index (χ1) is 16.2. The number of ether oxygens (including phenoxy) is 1. The van der Waals surface area contributed by atoms with Crippen LogP contribution in [-0.2, 0) is 4.79 Å². The van der Waals surface area contributed by atoms with E-state index < -0.39 is 5.91 Å². The standard InChI is InChI=1S/C28H24N2O3/c1-2-33-26-18-17-21(23-15-9-10-16-24(23)26)19-25(28(32)29-22-13-7-4-8-14-22)30-27(31)20-11-5-3-6-12-20/h3-19H,2H2,1H3,(H,29,32)(H,30,31)/b25-19-. The average molecular weight is 437 g/mol. The Kier molecular flexibility index (Phi) is 6.81. The molecule has 5 nitrogen and oxygen atoms in total. The highest BCUT2D eigenvalue weighted by Crippen LogP contribution is 2.30. The molecule has 0 saturated heterocycles. The van der Waals surface area contributed by atoms with Gasteiger partial charge in [-0.25, -0.2) is 0 Å². The highest BCUT2D eigenvalue weighted by Gasteiger charge is 2.16. The molecule has 4 aromatic rings. The molecule has 0 bridgehead atoms. The molecule has 0 atom stereocenters. The molecular weight excluding hydrogens is 412 g/mol. The summed E-state index contributed by atoms with van der Waals surface area (Å²) in [4.78, 5) is 26.0. The van der Waals surface area contributed by atoms with Gasteiger partial charge in [-0.2, -0.15) is 0 Å². The van der Waals surface area contributed by atoms with Crippen LogP contribution in [0.3, 0.4) is 0 Å². The molecule has 0 aliphatic heterocycles. The van der Waals surface area contributed by atoms with Crippen molar-refractivity contribution in [1.29, 1.82) is 0 Å². The van der Waals surface area contributed by atoms with Gasteiger partial charge < -0.3 is 15.4 Å². The molecule has 0 radical (unpaired) electrons. The first-order valence-electron chi connectivity index (χ1n) is 10.7. The lowest BCUT2D eigenvalue weighted by Gasteiger charge is -2.13. The van der Waals surface area contributed by atoms with E-state index in [1.165, 1.54) is 0 Å². The predicted molar refractivity (Wildman–Crippen MR) is 132 cm³/mol. The van der Waals surface area contributed by atoms with Crippen LogP contribution in [0.15, 0.2) is 103 Å². The van der Waals surface area contributed by atoms with E-state index in [0.29, 0.717) is 17.9 Å². The van der Waals surface area contributed by atoms with E-state index in [4.69, 9.17) is 4.74 Å². The topological polar surface area (TPSA) is 67.4 Å². The number of carbonyl (C=O) groups is 2. The fourth-order valence-electron chi connectivity index (χ4n) is 3.52. The van der Waals surface area contributed by atoms with Crippen molar-refractivity contribution >= 4 is 34.4 Å². The lowest BCUT2D eigenvalue weighted by molar-refractivity contribution is -0.113. The van der Waals surface area contributed by atoms with E-state index in [0.717, 1.165) is 22.1 Å². The van der Waals surface area contributed by atoms with Crippen molar-refractivity contribution in [3.63, 3.8) is 0 Å². The van der Waals surface area contributed by atoms with Crippen LogP contribution < -0.4 is 15.4 Å². The molecule has 4 aromatic carbocycles. The number of hydrogen-bond donors (Lipinski definition) is 2. The molecule has 0 spiro atoms. The van der Waals surface area contributed by atoms with Crippen molar-refractivity contribution in [3.05, 3.63) is 114 Å². The van der Waals surface area contributed by atoms with Gasteiger partial charge in [0, 0.05) is 16.6 Å². The highest BCUT2D eigenvalue weighted by atomic mass is 16.5. The van der Waals surface area contributed by atoms with Crippen LogP contribution in [0.4, 0.5) is 5.69 Å². The molecule has 0 fully saturated rings. The molecule has 0 saturated carbocycles. The molecule has 164 valence electrons. The van der Waals surface area contributed by atoms with E-state index in [-0.39, 0.29) is 11.6 Å². The minimum Gasteiger partial charge on any atom is -0.493 e. The smallest absolute Gasteiger partial charge is 0.272 e. The summed E-state index contributed by atoms with van der Waals surface area (Å²) in [5.74, 6) is -0.00221. The third-order valence-corrected chi connectivity index (χ3v) is 5.08. The molecule has 2 N–H and O–H groups in total. The number of benzene rings is 4. The van der Waals surface area contributed by atoms with Crippen LogP contribution >= 0.6 is 0 Å². The molecule has 4 rings (SSSR count). The summed E-state index contributed by atoms with van der Waals surface area (Å²) >= 11 is 0. The quantitative estimate of drug-likeness (QED) is 0.368. The summed E-state index contributed by atoms with van der Waals surface area (Å²) in [6.45, 7) is 2.49. The molecule has 2 amide bonds. The largest absolute Gasteiger partial charge is 0.493 e. The Morgan fingerprint density at radius 3 is 2.12 bits per heavy atom. The number of fused-ring (bicyclic) bond motifs is 1. The highest BCUT2D eigenvalue weighted by molar-refractivity contribution is 6.11. The molecule has 0 heterocycles. The average Bonchev–Trinajstić information content (AvgIpc) is 2.86. The number of amides is 2. The normalized spacial score (nSPS) is 11.1. The maximum atomic E-state index is 13.2. The van der Waals surface area contributed by atoms with Gasteiger partial charge in [0.2, 0.25) is 0 Å². The Hall–Kier alpha value is -4.38. The van der Waals surface area contributed by atoms with E-state index in [9.17, 15) is 9.59 Å². The Bertz CT molecular complexity index is 1300. The van der Waals surface area contributed by atoms with E-state index in [1.54, 1.807) is 42.5 Å². The number of para-hydroxylation sites is 1. The number of carbonyl (C=O) groups excluding carboxylic acids is 2. The fourth-order valence-corrected chi connectivity index (χ4v) is 3.52. The third kappa shape index (κ3) is 5.28.